The number of thiophene rings is 1. The molecule has 4 nitrogen and oxygen atoms in total. The molecular formula is C12H11ClN2O2S2. The van der Waals surface area contributed by atoms with Gasteiger partial charge in [0.2, 0.25) is 0 Å². The van der Waals surface area contributed by atoms with Gasteiger partial charge in [-0.1, -0.05) is 11.6 Å². The molecule has 0 radical (unpaired) electrons. The number of fused-ring (bicyclic) bond motifs is 1. The highest BCUT2D eigenvalue weighted by molar-refractivity contribution is 7.15. The van der Waals surface area contributed by atoms with Crippen LogP contribution < -0.4 is 0 Å². The van der Waals surface area contributed by atoms with Crippen LogP contribution in [0.25, 0.3) is 0 Å². The van der Waals surface area contributed by atoms with E-state index in [-0.39, 0.29) is 0 Å². The molecule has 3 rings (SSSR count). The minimum atomic E-state index is -0.836. The van der Waals surface area contributed by atoms with Gasteiger partial charge in [-0.25, -0.2) is 9.78 Å². The Hall–Kier alpha value is -0.950. The van der Waals surface area contributed by atoms with Gasteiger partial charge in [-0.15, -0.1) is 22.7 Å². The van der Waals surface area contributed by atoms with Gasteiger partial charge in [0.25, 0.3) is 0 Å². The zero-order valence-corrected chi connectivity index (χ0v) is 12.3. The summed E-state index contributed by atoms with van der Waals surface area (Å²) in [5.41, 5.74) is 1.18. The van der Waals surface area contributed by atoms with Gasteiger partial charge in [0.05, 0.1) is 12.7 Å². The van der Waals surface area contributed by atoms with E-state index in [4.69, 9.17) is 16.7 Å². The summed E-state index contributed by atoms with van der Waals surface area (Å²) in [6, 6.07) is 1.81. The van der Waals surface area contributed by atoms with Crippen LogP contribution in [0.2, 0.25) is 4.34 Å². The molecular weight excluding hydrogens is 304 g/mol. The maximum atomic E-state index is 11.0. The molecule has 0 atom stereocenters. The molecule has 0 amide bonds. The second-order valence-corrected chi connectivity index (χ2v) is 7.27. The number of aromatic nitrogens is 1. The van der Waals surface area contributed by atoms with Crippen molar-refractivity contribution in [2.75, 3.05) is 6.54 Å². The van der Waals surface area contributed by atoms with Gasteiger partial charge in [0.1, 0.15) is 14.2 Å². The predicted molar refractivity (Wildman–Crippen MR) is 76.2 cm³/mol. The Balaban J connectivity index is 1.73. The van der Waals surface area contributed by atoms with Crippen LogP contribution in [-0.4, -0.2) is 27.5 Å². The van der Waals surface area contributed by atoms with Crippen LogP contribution in [0.1, 0.15) is 25.1 Å². The predicted octanol–water partition coefficient (Wildman–Crippen LogP) is 3.11. The second-order valence-electron chi connectivity index (χ2n) is 4.38. The molecule has 2 aromatic heterocycles. The first kappa shape index (κ1) is 13.1. The molecule has 100 valence electrons. The number of rotatable bonds is 3. The van der Waals surface area contributed by atoms with E-state index in [9.17, 15) is 4.79 Å². The lowest BCUT2D eigenvalue weighted by molar-refractivity contribution is 0.0702. The molecule has 0 saturated heterocycles. The quantitative estimate of drug-likeness (QED) is 0.945. The number of hydrogen-bond acceptors (Lipinski definition) is 5. The number of nitrogens with zero attached hydrogens (tertiary/aromatic N) is 2. The third-order valence-electron chi connectivity index (χ3n) is 3.06. The number of carboxylic acid groups (broad SMARTS) is 1. The molecule has 7 heteroatoms. The molecule has 3 heterocycles. The molecule has 1 N–H and O–H groups in total. The smallest absolute Gasteiger partial charge is 0.345 e. The SMILES string of the molecule is O=C(O)c1cc2c(s1)CN(Cc1ncc(Cl)s1)CC2. The van der Waals surface area contributed by atoms with E-state index < -0.39 is 5.97 Å². The summed E-state index contributed by atoms with van der Waals surface area (Å²) < 4.78 is 0.706. The summed E-state index contributed by atoms with van der Waals surface area (Å²) >= 11 is 8.75. The summed E-state index contributed by atoms with van der Waals surface area (Å²) in [7, 11) is 0. The normalized spacial score (nSPS) is 15.4. The molecule has 0 aromatic carbocycles. The number of hydrogen-bond donors (Lipinski definition) is 1. The van der Waals surface area contributed by atoms with E-state index in [0.717, 1.165) is 35.9 Å². The lowest BCUT2D eigenvalue weighted by Crippen LogP contribution is -2.28. The highest BCUT2D eigenvalue weighted by atomic mass is 35.5. The van der Waals surface area contributed by atoms with Crippen molar-refractivity contribution in [3.63, 3.8) is 0 Å². The first-order valence-corrected chi connectivity index (χ1v) is 7.80. The Morgan fingerprint density at radius 3 is 3.05 bits per heavy atom. The average molecular weight is 315 g/mol. The molecule has 19 heavy (non-hydrogen) atoms. The lowest BCUT2D eigenvalue weighted by atomic mass is 10.1. The van der Waals surface area contributed by atoms with E-state index in [1.165, 1.54) is 28.2 Å². The fourth-order valence-corrected chi connectivity index (χ4v) is 4.26. The van der Waals surface area contributed by atoms with Crippen LogP contribution in [0.3, 0.4) is 0 Å². The number of halogens is 1. The Kier molecular flexibility index (Phi) is 3.58. The topological polar surface area (TPSA) is 53.4 Å². The second kappa shape index (κ2) is 5.20. The van der Waals surface area contributed by atoms with E-state index in [1.807, 2.05) is 0 Å². The average Bonchev–Trinajstić information content (AvgIpc) is 2.95. The molecule has 0 bridgehead atoms. The van der Waals surface area contributed by atoms with Gasteiger partial charge in [-0.3, -0.25) is 4.90 Å². The standard InChI is InChI=1S/C12H11ClN2O2S2/c13-10-4-14-11(19-10)6-15-2-1-7-3-8(12(16)17)18-9(7)5-15/h3-4H,1-2,5-6H2,(H,16,17). The van der Waals surface area contributed by atoms with Gasteiger partial charge >= 0.3 is 5.97 Å². The zero-order valence-electron chi connectivity index (χ0n) is 9.93. The maximum absolute atomic E-state index is 11.0. The van der Waals surface area contributed by atoms with Gasteiger partial charge in [-0.05, 0) is 18.1 Å². The Labute approximate surface area is 123 Å². The summed E-state index contributed by atoms with van der Waals surface area (Å²) in [6.07, 6.45) is 2.57. The fourth-order valence-electron chi connectivity index (χ4n) is 2.17. The molecule has 0 spiro atoms. The first-order chi connectivity index (χ1) is 9.11. The van der Waals surface area contributed by atoms with Crippen molar-refractivity contribution in [1.82, 2.24) is 9.88 Å². The van der Waals surface area contributed by atoms with Crippen LogP contribution in [0, 0.1) is 0 Å². The third-order valence-corrected chi connectivity index (χ3v) is 5.31. The van der Waals surface area contributed by atoms with Gasteiger partial charge in [0.15, 0.2) is 0 Å². The Morgan fingerprint density at radius 2 is 2.37 bits per heavy atom. The maximum Gasteiger partial charge on any atom is 0.345 e. The Morgan fingerprint density at radius 1 is 1.53 bits per heavy atom. The van der Waals surface area contributed by atoms with Crippen molar-refractivity contribution in [3.05, 3.63) is 36.9 Å². The number of carboxylic acids is 1. The van der Waals surface area contributed by atoms with Crippen LogP contribution in [-0.2, 0) is 19.5 Å². The third kappa shape index (κ3) is 2.81. The van der Waals surface area contributed by atoms with Crippen LogP contribution in [0.5, 0.6) is 0 Å². The van der Waals surface area contributed by atoms with E-state index in [2.05, 4.69) is 9.88 Å². The summed E-state index contributed by atoms with van der Waals surface area (Å²) in [5.74, 6) is -0.836. The van der Waals surface area contributed by atoms with E-state index in [0.29, 0.717) is 9.21 Å². The molecule has 0 saturated carbocycles. The monoisotopic (exact) mass is 314 g/mol. The van der Waals surface area contributed by atoms with Gasteiger partial charge in [0, 0.05) is 18.0 Å². The van der Waals surface area contributed by atoms with Crippen molar-refractivity contribution in [2.24, 2.45) is 0 Å². The molecule has 2 aromatic rings. The lowest BCUT2D eigenvalue weighted by Gasteiger charge is -2.25. The van der Waals surface area contributed by atoms with Crippen molar-refractivity contribution >= 4 is 40.2 Å². The summed E-state index contributed by atoms with van der Waals surface area (Å²) in [4.78, 5) is 19.1. The van der Waals surface area contributed by atoms with Gasteiger partial charge in [-0.2, -0.15) is 0 Å². The van der Waals surface area contributed by atoms with Crippen molar-refractivity contribution in [3.8, 4) is 0 Å². The highest BCUT2D eigenvalue weighted by Crippen LogP contribution is 2.29. The minimum absolute atomic E-state index is 0.434. The fraction of sp³-hybridized carbons (Fsp3) is 0.333. The molecule has 1 aliphatic rings. The molecule has 1 aliphatic heterocycles. The van der Waals surface area contributed by atoms with Crippen molar-refractivity contribution in [1.29, 1.82) is 0 Å². The summed E-state index contributed by atoms with van der Waals surface area (Å²) in [5, 5.41) is 10.0. The molecule has 0 unspecified atom stereocenters. The van der Waals surface area contributed by atoms with E-state index >= 15 is 0 Å². The van der Waals surface area contributed by atoms with Crippen LogP contribution in [0.15, 0.2) is 12.3 Å². The summed E-state index contributed by atoms with van der Waals surface area (Å²) in [6.45, 7) is 2.50. The van der Waals surface area contributed by atoms with Crippen molar-refractivity contribution in [2.45, 2.75) is 19.5 Å². The first-order valence-electron chi connectivity index (χ1n) is 5.79. The van der Waals surface area contributed by atoms with Crippen LogP contribution >= 0.6 is 34.3 Å². The number of carbonyl (C=O) groups is 1. The highest BCUT2D eigenvalue weighted by Gasteiger charge is 2.21. The minimum Gasteiger partial charge on any atom is -0.477 e. The van der Waals surface area contributed by atoms with Crippen LogP contribution in [0.4, 0.5) is 0 Å². The number of thiazole rings is 1. The largest absolute Gasteiger partial charge is 0.477 e. The van der Waals surface area contributed by atoms with Gasteiger partial charge < -0.3 is 5.11 Å². The molecule has 0 fully saturated rings. The number of aromatic carboxylic acids is 1. The van der Waals surface area contributed by atoms with Crippen molar-refractivity contribution < 1.29 is 9.90 Å². The van der Waals surface area contributed by atoms with E-state index in [1.54, 1.807) is 12.3 Å². The zero-order chi connectivity index (χ0) is 13.4. The molecule has 0 aliphatic carbocycles. The Bertz CT molecular complexity index is 623.